The van der Waals surface area contributed by atoms with Crippen LogP contribution in [0.2, 0.25) is 0 Å². The Morgan fingerprint density at radius 1 is 1.05 bits per heavy atom. The number of anilines is 1. The van der Waals surface area contributed by atoms with E-state index in [2.05, 4.69) is 0 Å². The van der Waals surface area contributed by atoms with Gasteiger partial charge in [0.2, 0.25) is 0 Å². The average molecular weight is 300 g/mol. The number of non-ortho nitro benzene ring substituents is 1. The van der Waals surface area contributed by atoms with Crippen molar-refractivity contribution >= 4 is 11.4 Å². The zero-order valence-corrected chi connectivity index (χ0v) is 11.9. The van der Waals surface area contributed by atoms with E-state index < -0.39 is 4.92 Å². The van der Waals surface area contributed by atoms with E-state index in [-0.39, 0.29) is 18.0 Å². The second kappa shape index (κ2) is 9.92. The summed E-state index contributed by atoms with van der Waals surface area (Å²) in [6, 6.07) is 4.13. The smallest absolute Gasteiger partial charge is 0.275 e. The van der Waals surface area contributed by atoms with Gasteiger partial charge < -0.3 is 24.7 Å². The molecule has 0 radical (unpaired) electrons. The number of nitro benzene ring substituents is 1. The lowest BCUT2D eigenvalue weighted by atomic mass is 10.2. The molecule has 0 saturated heterocycles. The molecule has 0 bridgehead atoms. The molecule has 0 spiro atoms. The summed E-state index contributed by atoms with van der Waals surface area (Å²) in [5.41, 5.74) is 5.75. The Morgan fingerprint density at radius 2 is 1.67 bits per heavy atom. The highest BCUT2D eigenvalue weighted by Crippen LogP contribution is 2.23. The average Bonchev–Trinajstić information content (AvgIpc) is 2.45. The first kappa shape index (κ1) is 17.2. The minimum atomic E-state index is -0.517. The summed E-state index contributed by atoms with van der Waals surface area (Å²) < 4.78 is 20.7. The first-order valence-corrected chi connectivity index (χ1v) is 6.45. The predicted molar refractivity (Wildman–Crippen MR) is 76.5 cm³/mol. The van der Waals surface area contributed by atoms with E-state index in [0.717, 1.165) is 0 Å². The van der Waals surface area contributed by atoms with Crippen LogP contribution in [-0.4, -0.2) is 51.7 Å². The van der Waals surface area contributed by atoms with Crippen LogP contribution >= 0.6 is 0 Å². The van der Waals surface area contributed by atoms with Crippen LogP contribution < -0.4 is 10.5 Å². The molecule has 0 heterocycles. The molecule has 8 heteroatoms. The van der Waals surface area contributed by atoms with E-state index in [1.807, 2.05) is 0 Å². The van der Waals surface area contributed by atoms with E-state index in [1.54, 1.807) is 7.11 Å². The minimum absolute atomic E-state index is 0.0996. The molecule has 1 rings (SSSR count). The van der Waals surface area contributed by atoms with Gasteiger partial charge in [-0.05, 0) is 0 Å². The predicted octanol–water partition coefficient (Wildman–Crippen LogP) is 1.24. The molecule has 0 saturated carbocycles. The molecule has 1 aromatic carbocycles. The highest BCUT2D eigenvalue weighted by atomic mass is 16.6. The Balaban J connectivity index is 2.17. The van der Waals surface area contributed by atoms with Crippen LogP contribution in [0.15, 0.2) is 18.2 Å². The highest BCUT2D eigenvalue weighted by Gasteiger charge is 2.09. The fraction of sp³-hybridized carbons (Fsp3) is 0.538. The van der Waals surface area contributed by atoms with Gasteiger partial charge in [-0.25, -0.2) is 0 Å². The summed E-state index contributed by atoms with van der Waals surface area (Å²) in [7, 11) is 1.61. The second-order valence-corrected chi connectivity index (χ2v) is 4.08. The van der Waals surface area contributed by atoms with Gasteiger partial charge in [0.15, 0.2) is 0 Å². The third-order valence-electron chi connectivity index (χ3n) is 2.42. The van der Waals surface area contributed by atoms with Gasteiger partial charge in [-0.1, -0.05) is 0 Å². The molecule has 0 aliphatic heterocycles. The summed E-state index contributed by atoms with van der Waals surface area (Å²) >= 11 is 0. The monoisotopic (exact) mass is 300 g/mol. The lowest BCUT2D eigenvalue weighted by molar-refractivity contribution is -0.384. The molecule has 0 aromatic heterocycles. The van der Waals surface area contributed by atoms with Gasteiger partial charge in [0.25, 0.3) is 5.69 Å². The van der Waals surface area contributed by atoms with Gasteiger partial charge in [-0.15, -0.1) is 0 Å². The Hall–Kier alpha value is -1.90. The molecule has 118 valence electrons. The fourth-order valence-corrected chi connectivity index (χ4v) is 1.48. The number of hydrogen-bond donors (Lipinski definition) is 1. The van der Waals surface area contributed by atoms with Gasteiger partial charge in [-0.3, -0.25) is 10.1 Å². The Morgan fingerprint density at radius 3 is 2.29 bits per heavy atom. The Kier molecular flexibility index (Phi) is 8.10. The maximum absolute atomic E-state index is 10.7. The molecular weight excluding hydrogens is 280 g/mol. The Bertz CT molecular complexity index is 441. The van der Waals surface area contributed by atoms with Crippen molar-refractivity contribution in [3.8, 4) is 5.75 Å². The van der Waals surface area contributed by atoms with Crippen LogP contribution in [-0.2, 0) is 14.2 Å². The number of ether oxygens (including phenoxy) is 4. The summed E-state index contributed by atoms with van der Waals surface area (Å²) in [5.74, 6) is 0.349. The zero-order valence-electron chi connectivity index (χ0n) is 11.9. The van der Waals surface area contributed by atoms with E-state index in [9.17, 15) is 10.1 Å². The molecule has 0 amide bonds. The molecule has 0 atom stereocenters. The number of nitrogens with zero attached hydrogens (tertiary/aromatic N) is 1. The van der Waals surface area contributed by atoms with Gasteiger partial charge in [0, 0.05) is 24.9 Å². The van der Waals surface area contributed by atoms with E-state index in [4.69, 9.17) is 24.7 Å². The fourth-order valence-electron chi connectivity index (χ4n) is 1.48. The largest absolute Gasteiger partial charge is 0.491 e. The first-order valence-electron chi connectivity index (χ1n) is 6.45. The number of nitrogens with two attached hydrogens (primary N) is 1. The lowest BCUT2D eigenvalue weighted by Gasteiger charge is -2.08. The third-order valence-corrected chi connectivity index (χ3v) is 2.42. The van der Waals surface area contributed by atoms with Crippen LogP contribution in [0.1, 0.15) is 0 Å². The summed E-state index contributed by atoms with van der Waals surface area (Å²) in [6.07, 6.45) is 0. The van der Waals surface area contributed by atoms with Crippen molar-refractivity contribution < 1.29 is 23.9 Å². The third kappa shape index (κ3) is 7.45. The maximum Gasteiger partial charge on any atom is 0.275 e. The number of rotatable bonds is 11. The van der Waals surface area contributed by atoms with Crippen molar-refractivity contribution in [3.63, 3.8) is 0 Å². The van der Waals surface area contributed by atoms with Crippen molar-refractivity contribution in [1.82, 2.24) is 0 Å². The molecule has 0 unspecified atom stereocenters. The van der Waals surface area contributed by atoms with Crippen LogP contribution in [0, 0.1) is 10.1 Å². The Labute approximate surface area is 122 Å². The molecule has 0 aliphatic carbocycles. The van der Waals surface area contributed by atoms with Gasteiger partial charge in [0.1, 0.15) is 12.4 Å². The van der Waals surface area contributed by atoms with Crippen LogP contribution in [0.3, 0.4) is 0 Å². The number of nitro groups is 1. The number of hydrogen-bond acceptors (Lipinski definition) is 7. The molecule has 21 heavy (non-hydrogen) atoms. The van der Waals surface area contributed by atoms with Gasteiger partial charge in [-0.2, -0.15) is 0 Å². The van der Waals surface area contributed by atoms with Crippen molar-refractivity contribution in [2.24, 2.45) is 0 Å². The maximum atomic E-state index is 10.7. The summed E-state index contributed by atoms with van der Waals surface area (Å²) in [6.45, 7) is 2.65. The van der Waals surface area contributed by atoms with Crippen molar-refractivity contribution in [1.29, 1.82) is 0 Å². The quantitative estimate of drug-likeness (QED) is 0.283. The van der Waals surface area contributed by atoms with Gasteiger partial charge >= 0.3 is 0 Å². The topological polar surface area (TPSA) is 106 Å². The standard InChI is InChI=1S/C13H20N2O6/c1-18-2-3-19-4-5-20-6-7-21-13-9-11(14)8-12(10-13)15(16)17/h8-10H,2-7,14H2,1H3. The SMILES string of the molecule is COCCOCCOCCOc1cc(N)cc([N+](=O)[O-])c1. The minimum Gasteiger partial charge on any atom is -0.491 e. The number of benzene rings is 1. The van der Waals surface area contributed by atoms with Gasteiger partial charge in [0.05, 0.1) is 44.0 Å². The molecule has 0 aliphatic rings. The second-order valence-electron chi connectivity index (χ2n) is 4.08. The van der Waals surface area contributed by atoms with Crippen molar-refractivity contribution in [2.75, 3.05) is 52.5 Å². The first-order chi connectivity index (χ1) is 10.1. The normalized spacial score (nSPS) is 10.5. The van der Waals surface area contributed by atoms with E-state index in [0.29, 0.717) is 38.8 Å². The van der Waals surface area contributed by atoms with Crippen LogP contribution in [0.4, 0.5) is 11.4 Å². The molecular formula is C13H20N2O6. The molecule has 1 aromatic rings. The highest BCUT2D eigenvalue weighted by molar-refractivity contribution is 5.53. The van der Waals surface area contributed by atoms with E-state index in [1.165, 1.54) is 18.2 Å². The molecule has 0 fully saturated rings. The lowest BCUT2D eigenvalue weighted by Crippen LogP contribution is -2.12. The van der Waals surface area contributed by atoms with Crippen molar-refractivity contribution in [3.05, 3.63) is 28.3 Å². The number of nitrogen functional groups attached to an aromatic ring is 1. The van der Waals surface area contributed by atoms with E-state index >= 15 is 0 Å². The summed E-state index contributed by atoms with van der Waals surface area (Å²) in [5, 5.41) is 10.7. The zero-order chi connectivity index (χ0) is 15.5. The molecule has 8 nitrogen and oxygen atoms in total. The van der Waals surface area contributed by atoms with Crippen molar-refractivity contribution in [2.45, 2.75) is 0 Å². The van der Waals surface area contributed by atoms with Crippen LogP contribution in [0.5, 0.6) is 5.75 Å². The number of methoxy groups -OCH3 is 1. The molecule has 2 N–H and O–H groups in total. The van der Waals surface area contributed by atoms with Crippen LogP contribution in [0.25, 0.3) is 0 Å². The summed E-state index contributed by atoms with van der Waals surface area (Å²) in [4.78, 5) is 10.2.